The van der Waals surface area contributed by atoms with E-state index in [1.165, 1.54) is 5.56 Å². The summed E-state index contributed by atoms with van der Waals surface area (Å²) < 4.78 is 0. The Hall–Kier alpha value is -1.35. The summed E-state index contributed by atoms with van der Waals surface area (Å²) in [7, 11) is 0. The zero-order valence-corrected chi connectivity index (χ0v) is 11.2. The van der Waals surface area contributed by atoms with E-state index in [9.17, 15) is 4.79 Å². The summed E-state index contributed by atoms with van der Waals surface area (Å²) in [5.74, 6) is 0.161. The van der Waals surface area contributed by atoms with Crippen LogP contribution in [0.1, 0.15) is 32.8 Å². The lowest BCUT2D eigenvalue weighted by molar-refractivity contribution is -0.122. The molecular weight excluding hydrogens is 224 g/mol. The van der Waals surface area contributed by atoms with Crippen molar-refractivity contribution in [2.45, 2.75) is 38.6 Å². The van der Waals surface area contributed by atoms with Crippen molar-refractivity contribution in [1.82, 2.24) is 5.32 Å². The van der Waals surface area contributed by atoms with E-state index in [4.69, 9.17) is 0 Å². The van der Waals surface area contributed by atoms with Gasteiger partial charge in [-0.05, 0) is 30.0 Å². The Morgan fingerprint density at radius 2 is 2.00 bits per heavy atom. The minimum Gasteiger partial charge on any atom is -0.325 e. The largest absolute Gasteiger partial charge is 0.325 e. The molecule has 1 saturated heterocycles. The van der Waals surface area contributed by atoms with E-state index in [-0.39, 0.29) is 22.8 Å². The van der Waals surface area contributed by atoms with Gasteiger partial charge in [-0.3, -0.25) is 4.79 Å². The Labute approximate surface area is 108 Å². The van der Waals surface area contributed by atoms with Crippen molar-refractivity contribution in [3.63, 3.8) is 0 Å². The molecule has 1 aromatic rings. The lowest BCUT2D eigenvalue weighted by Crippen LogP contribution is -2.52. The highest BCUT2D eigenvalue weighted by molar-refractivity contribution is 6.07. The molecule has 0 aliphatic carbocycles. The summed E-state index contributed by atoms with van der Waals surface area (Å²) >= 11 is 0. The first kappa shape index (κ1) is 11.7. The lowest BCUT2D eigenvalue weighted by atomic mass is 9.66. The van der Waals surface area contributed by atoms with Gasteiger partial charge in [-0.15, -0.1) is 0 Å². The molecular formula is C15H20N2O. The fourth-order valence-electron chi connectivity index (χ4n) is 3.65. The maximum Gasteiger partial charge on any atom is 0.236 e. The van der Waals surface area contributed by atoms with Gasteiger partial charge in [0, 0.05) is 11.7 Å². The molecule has 2 heterocycles. The highest BCUT2D eigenvalue weighted by Crippen LogP contribution is 2.49. The van der Waals surface area contributed by atoms with Crippen LogP contribution in [0.15, 0.2) is 24.3 Å². The molecule has 2 N–H and O–H groups in total. The Morgan fingerprint density at radius 3 is 2.72 bits per heavy atom. The smallest absolute Gasteiger partial charge is 0.236 e. The number of anilines is 1. The zero-order valence-electron chi connectivity index (χ0n) is 11.2. The van der Waals surface area contributed by atoms with Crippen molar-refractivity contribution in [1.29, 1.82) is 0 Å². The number of nitrogens with one attached hydrogen (secondary N) is 2. The molecule has 2 atom stereocenters. The summed E-state index contributed by atoms with van der Waals surface area (Å²) in [5.41, 5.74) is 1.83. The summed E-state index contributed by atoms with van der Waals surface area (Å²) in [5, 5.41) is 6.59. The molecule has 1 spiro atoms. The SMILES string of the molecule is CC(C)(C)C1NCCC12C(=O)Nc1ccccc12. The van der Waals surface area contributed by atoms with Crippen LogP contribution in [-0.2, 0) is 10.2 Å². The highest BCUT2D eigenvalue weighted by Gasteiger charge is 2.57. The molecule has 0 radical (unpaired) electrons. The van der Waals surface area contributed by atoms with Gasteiger partial charge < -0.3 is 10.6 Å². The second-order valence-corrected chi connectivity index (χ2v) is 6.47. The molecule has 0 saturated carbocycles. The third-order valence-electron chi connectivity index (χ3n) is 4.29. The van der Waals surface area contributed by atoms with Gasteiger partial charge in [0.2, 0.25) is 5.91 Å². The molecule has 1 aromatic carbocycles. The number of rotatable bonds is 0. The fraction of sp³-hybridized carbons (Fsp3) is 0.533. The van der Waals surface area contributed by atoms with Gasteiger partial charge in [0.1, 0.15) is 0 Å². The van der Waals surface area contributed by atoms with Gasteiger partial charge in [-0.25, -0.2) is 0 Å². The van der Waals surface area contributed by atoms with E-state index >= 15 is 0 Å². The molecule has 3 nitrogen and oxygen atoms in total. The second kappa shape index (κ2) is 3.58. The molecule has 96 valence electrons. The van der Waals surface area contributed by atoms with Gasteiger partial charge in [0.15, 0.2) is 0 Å². The van der Waals surface area contributed by atoms with Crippen LogP contribution in [0.5, 0.6) is 0 Å². The van der Waals surface area contributed by atoms with Crippen LogP contribution < -0.4 is 10.6 Å². The first-order valence-electron chi connectivity index (χ1n) is 6.60. The Morgan fingerprint density at radius 1 is 1.28 bits per heavy atom. The van der Waals surface area contributed by atoms with Crippen molar-refractivity contribution < 1.29 is 4.79 Å². The van der Waals surface area contributed by atoms with Crippen LogP contribution in [0.2, 0.25) is 0 Å². The summed E-state index contributed by atoms with van der Waals surface area (Å²) in [4.78, 5) is 12.6. The van der Waals surface area contributed by atoms with Crippen molar-refractivity contribution in [3.8, 4) is 0 Å². The monoisotopic (exact) mass is 244 g/mol. The molecule has 3 rings (SSSR count). The van der Waals surface area contributed by atoms with E-state index in [2.05, 4.69) is 37.5 Å². The molecule has 1 amide bonds. The minimum atomic E-state index is -0.380. The van der Waals surface area contributed by atoms with E-state index in [1.807, 2.05) is 18.2 Å². The topological polar surface area (TPSA) is 41.1 Å². The molecule has 2 aliphatic heterocycles. The third kappa shape index (κ3) is 1.37. The summed E-state index contributed by atoms with van der Waals surface area (Å²) in [6.07, 6.45) is 0.887. The summed E-state index contributed by atoms with van der Waals surface area (Å²) in [6.45, 7) is 7.51. The molecule has 0 aromatic heterocycles. The van der Waals surface area contributed by atoms with Gasteiger partial charge in [-0.1, -0.05) is 39.0 Å². The van der Waals surface area contributed by atoms with Crippen molar-refractivity contribution in [3.05, 3.63) is 29.8 Å². The lowest BCUT2D eigenvalue weighted by Gasteiger charge is -2.38. The van der Waals surface area contributed by atoms with E-state index < -0.39 is 0 Å². The van der Waals surface area contributed by atoms with Crippen LogP contribution >= 0.6 is 0 Å². The number of benzene rings is 1. The Bertz CT molecular complexity index is 503. The van der Waals surface area contributed by atoms with E-state index in [0.717, 1.165) is 18.7 Å². The van der Waals surface area contributed by atoms with E-state index in [0.29, 0.717) is 0 Å². The second-order valence-electron chi connectivity index (χ2n) is 6.47. The first-order valence-corrected chi connectivity index (χ1v) is 6.60. The maximum atomic E-state index is 12.6. The van der Waals surface area contributed by atoms with Gasteiger partial charge in [0.25, 0.3) is 0 Å². The third-order valence-corrected chi connectivity index (χ3v) is 4.29. The van der Waals surface area contributed by atoms with Crippen LogP contribution in [0.4, 0.5) is 5.69 Å². The first-order chi connectivity index (χ1) is 8.46. The normalized spacial score (nSPS) is 30.6. The molecule has 18 heavy (non-hydrogen) atoms. The Balaban J connectivity index is 2.17. The average molecular weight is 244 g/mol. The summed E-state index contributed by atoms with van der Waals surface area (Å²) in [6, 6.07) is 8.29. The van der Waals surface area contributed by atoms with Crippen molar-refractivity contribution >= 4 is 11.6 Å². The fourth-order valence-corrected chi connectivity index (χ4v) is 3.65. The molecule has 3 heteroatoms. The molecule has 0 bridgehead atoms. The molecule has 1 fully saturated rings. The van der Waals surface area contributed by atoms with Crippen LogP contribution in [0.25, 0.3) is 0 Å². The standard InChI is InChI=1S/C15H20N2O/c1-14(2,3)12-15(8-9-16-12)10-6-4-5-7-11(10)17-13(15)18/h4-7,12,16H,8-9H2,1-3H3,(H,17,18). The maximum absolute atomic E-state index is 12.6. The van der Waals surface area contributed by atoms with Crippen LogP contribution in [-0.4, -0.2) is 18.5 Å². The van der Waals surface area contributed by atoms with Crippen molar-refractivity contribution in [2.75, 3.05) is 11.9 Å². The van der Waals surface area contributed by atoms with Crippen LogP contribution in [0, 0.1) is 5.41 Å². The van der Waals surface area contributed by atoms with Gasteiger partial charge in [-0.2, -0.15) is 0 Å². The number of hydrogen-bond donors (Lipinski definition) is 2. The van der Waals surface area contributed by atoms with E-state index in [1.54, 1.807) is 0 Å². The van der Waals surface area contributed by atoms with Gasteiger partial charge >= 0.3 is 0 Å². The predicted molar refractivity (Wildman–Crippen MR) is 72.6 cm³/mol. The number of para-hydroxylation sites is 1. The number of hydrogen-bond acceptors (Lipinski definition) is 2. The zero-order chi connectivity index (χ0) is 13.0. The number of carbonyl (C=O) groups excluding carboxylic acids is 1. The van der Waals surface area contributed by atoms with Crippen molar-refractivity contribution in [2.24, 2.45) is 5.41 Å². The highest BCUT2D eigenvalue weighted by atomic mass is 16.2. The predicted octanol–water partition coefficient (Wildman–Crippen LogP) is 2.28. The number of fused-ring (bicyclic) bond motifs is 2. The molecule has 2 unspecified atom stereocenters. The molecule has 2 aliphatic rings. The van der Waals surface area contributed by atoms with Gasteiger partial charge in [0.05, 0.1) is 5.41 Å². The quantitative estimate of drug-likeness (QED) is 0.735. The Kier molecular flexibility index (Phi) is 2.33. The number of amides is 1. The van der Waals surface area contributed by atoms with Crippen LogP contribution in [0.3, 0.4) is 0 Å². The minimum absolute atomic E-state index is 0.0608. The average Bonchev–Trinajstić information content (AvgIpc) is 2.84. The number of carbonyl (C=O) groups is 1.